The van der Waals surface area contributed by atoms with Gasteiger partial charge in [0.25, 0.3) is 0 Å². The predicted octanol–water partition coefficient (Wildman–Crippen LogP) is 0.938. The van der Waals surface area contributed by atoms with Crippen LogP contribution < -0.4 is 4.90 Å². The highest BCUT2D eigenvalue weighted by Crippen LogP contribution is 2.17. The van der Waals surface area contributed by atoms with E-state index in [-0.39, 0.29) is 0 Å². The number of hydrogen-bond donors (Lipinski definition) is 1. The van der Waals surface area contributed by atoms with Crippen LogP contribution in [0.4, 0.5) is 5.95 Å². The van der Waals surface area contributed by atoms with Crippen LogP contribution in [-0.2, 0) is 0 Å². The van der Waals surface area contributed by atoms with Crippen LogP contribution in [0.15, 0.2) is 12.4 Å². The number of piperazine rings is 1. The van der Waals surface area contributed by atoms with Gasteiger partial charge in [0.15, 0.2) is 0 Å². The molecule has 1 aliphatic rings. The third-order valence-electron chi connectivity index (χ3n) is 3.14. The lowest BCUT2D eigenvalue weighted by Crippen LogP contribution is -2.55. The molecule has 14 heavy (non-hydrogen) atoms. The molecule has 0 spiro atoms. The second kappa shape index (κ2) is 3.61. The molecule has 0 amide bonds. The summed E-state index contributed by atoms with van der Waals surface area (Å²) in [7, 11) is 2.19. The molecule has 1 aromatic heterocycles. The highest BCUT2D eigenvalue weighted by Gasteiger charge is 2.27. The van der Waals surface area contributed by atoms with Gasteiger partial charge in [-0.3, -0.25) is 4.90 Å². The highest BCUT2D eigenvalue weighted by molar-refractivity contribution is 5.30. The first-order valence-corrected chi connectivity index (χ1v) is 5.14. The molecule has 1 saturated heterocycles. The quantitative estimate of drug-likeness (QED) is 0.722. The molecule has 1 fully saturated rings. The van der Waals surface area contributed by atoms with E-state index in [1.165, 1.54) is 0 Å². The number of nitrogens with one attached hydrogen (secondary N) is 1. The molecule has 0 aromatic carbocycles. The highest BCUT2D eigenvalue weighted by atomic mass is 15.3. The second-order valence-corrected chi connectivity index (χ2v) is 4.18. The lowest BCUT2D eigenvalue weighted by molar-refractivity contribution is 0.169. The summed E-state index contributed by atoms with van der Waals surface area (Å²) in [5.74, 6) is 0.997. The Morgan fingerprint density at radius 1 is 1.36 bits per heavy atom. The molecular weight excluding hydrogens is 176 g/mol. The lowest BCUT2D eigenvalue weighted by atomic mass is 10.1. The minimum Gasteiger partial charge on any atom is -0.339 e. The van der Waals surface area contributed by atoms with Gasteiger partial charge in [0.1, 0.15) is 0 Å². The van der Waals surface area contributed by atoms with Crippen LogP contribution in [-0.4, -0.2) is 47.1 Å². The van der Waals surface area contributed by atoms with E-state index < -0.39 is 0 Å². The van der Waals surface area contributed by atoms with Crippen LogP contribution in [0.3, 0.4) is 0 Å². The lowest BCUT2D eigenvalue weighted by Gasteiger charge is -2.42. The number of anilines is 1. The fourth-order valence-corrected chi connectivity index (χ4v) is 2.01. The summed E-state index contributed by atoms with van der Waals surface area (Å²) >= 11 is 0. The molecule has 0 unspecified atom stereocenters. The van der Waals surface area contributed by atoms with E-state index in [1.807, 2.05) is 12.4 Å². The van der Waals surface area contributed by atoms with E-state index in [0.717, 1.165) is 19.0 Å². The maximum absolute atomic E-state index is 4.29. The largest absolute Gasteiger partial charge is 0.339 e. The van der Waals surface area contributed by atoms with Gasteiger partial charge in [-0.2, -0.15) is 0 Å². The van der Waals surface area contributed by atoms with E-state index in [1.54, 1.807) is 0 Å². The summed E-state index contributed by atoms with van der Waals surface area (Å²) in [6, 6.07) is 1.17. The number of likely N-dealkylation sites (N-methyl/N-ethyl adjacent to an activating group) is 1. The van der Waals surface area contributed by atoms with E-state index in [2.05, 4.69) is 40.7 Å². The van der Waals surface area contributed by atoms with Crippen molar-refractivity contribution in [1.82, 2.24) is 14.9 Å². The predicted molar refractivity (Wildman–Crippen MR) is 57.5 cm³/mol. The van der Waals surface area contributed by atoms with Gasteiger partial charge in [-0.15, -0.1) is 0 Å². The average Bonchev–Trinajstić information content (AvgIpc) is 2.66. The van der Waals surface area contributed by atoms with Gasteiger partial charge in [-0.05, 0) is 20.9 Å². The number of nitrogens with zero attached hydrogens (tertiary/aromatic N) is 3. The van der Waals surface area contributed by atoms with E-state index >= 15 is 0 Å². The summed E-state index contributed by atoms with van der Waals surface area (Å²) in [5.41, 5.74) is 0. The molecule has 4 heteroatoms. The van der Waals surface area contributed by atoms with Crippen molar-refractivity contribution in [1.29, 1.82) is 0 Å². The average molecular weight is 194 g/mol. The molecule has 2 atom stereocenters. The molecule has 0 bridgehead atoms. The van der Waals surface area contributed by atoms with Crippen molar-refractivity contribution in [3.63, 3.8) is 0 Å². The Kier molecular flexibility index (Phi) is 2.46. The van der Waals surface area contributed by atoms with E-state index in [0.29, 0.717) is 12.1 Å². The van der Waals surface area contributed by atoms with Crippen molar-refractivity contribution >= 4 is 5.95 Å². The van der Waals surface area contributed by atoms with Crippen molar-refractivity contribution in [2.45, 2.75) is 25.9 Å². The fraction of sp³-hybridized carbons (Fsp3) is 0.700. The zero-order valence-electron chi connectivity index (χ0n) is 9.07. The Balaban J connectivity index is 2.10. The minimum absolute atomic E-state index is 0.587. The zero-order chi connectivity index (χ0) is 10.1. The van der Waals surface area contributed by atoms with Gasteiger partial charge in [0.05, 0.1) is 0 Å². The number of H-pyrrole nitrogens is 1. The van der Waals surface area contributed by atoms with Gasteiger partial charge in [0.2, 0.25) is 5.95 Å². The number of imidazole rings is 1. The Morgan fingerprint density at radius 2 is 2.00 bits per heavy atom. The summed E-state index contributed by atoms with van der Waals surface area (Å²) in [4.78, 5) is 12.2. The molecule has 1 aliphatic heterocycles. The summed E-state index contributed by atoms with van der Waals surface area (Å²) in [6.07, 6.45) is 3.69. The van der Waals surface area contributed by atoms with Crippen molar-refractivity contribution in [2.24, 2.45) is 0 Å². The maximum Gasteiger partial charge on any atom is 0.202 e. The monoisotopic (exact) mass is 194 g/mol. The van der Waals surface area contributed by atoms with Gasteiger partial charge < -0.3 is 9.88 Å². The van der Waals surface area contributed by atoms with Gasteiger partial charge in [-0.1, -0.05) is 0 Å². The first-order valence-electron chi connectivity index (χ1n) is 5.14. The smallest absolute Gasteiger partial charge is 0.202 e. The van der Waals surface area contributed by atoms with Gasteiger partial charge >= 0.3 is 0 Å². The molecule has 2 heterocycles. The Bertz CT molecular complexity index is 270. The Hall–Kier alpha value is -1.03. The third kappa shape index (κ3) is 1.62. The summed E-state index contributed by atoms with van der Waals surface area (Å²) in [6.45, 7) is 6.61. The molecular formula is C10H18N4. The summed E-state index contributed by atoms with van der Waals surface area (Å²) in [5, 5.41) is 0. The van der Waals surface area contributed by atoms with Crippen LogP contribution in [0.5, 0.6) is 0 Å². The SMILES string of the molecule is C[C@@H]1CN(c2ncc[nH]2)C[C@H](C)N1C. The van der Waals surface area contributed by atoms with Crippen molar-refractivity contribution in [3.05, 3.63) is 12.4 Å². The Morgan fingerprint density at radius 3 is 2.50 bits per heavy atom. The van der Waals surface area contributed by atoms with Crippen LogP contribution in [0.1, 0.15) is 13.8 Å². The van der Waals surface area contributed by atoms with Crippen molar-refractivity contribution < 1.29 is 0 Å². The number of rotatable bonds is 1. The molecule has 2 rings (SSSR count). The number of aromatic amines is 1. The maximum atomic E-state index is 4.29. The molecule has 0 saturated carbocycles. The number of aromatic nitrogens is 2. The molecule has 1 aromatic rings. The zero-order valence-corrected chi connectivity index (χ0v) is 9.07. The second-order valence-electron chi connectivity index (χ2n) is 4.18. The van der Waals surface area contributed by atoms with E-state index in [9.17, 15) is 0 Å². The van der Waals surface area contributed by atoms with E-state index in [4.69, 9.17) is 0 Å². The first kappa shape index (κ1) is 9.52. The van der Waals surface area contributed by atoms with Crippen LogP contribution in [0, 0.1) is 0 Å². The first-order chi connectivity index (χ1) is 6.68. The normalized spacial score (nSPS) is 29.5. The van der Waals surface area contributed by atoms with Crippen molar-refractivity contribution in [2.75, 3.05) is 25.0 Å². The van der Waals surface area contributed by atoms with Crippen LogP contribution in [0.25, 0.3) is 0 Å². The standard InChI is InChI=1S/C10H18N4/c1-8-6-14(7-9(2)13(8)3)10-11-4-5-12-10/h4-5,8-9H,6-7H2,1-3H3,(H,11,12)/t8-,9+. The molecule has 1 N–H and O–H groups in total. The third-order valence-corrected chi connectivity index (χ3v) is 3.14. The van der Waals surface area contributed by atoms with Crippen LogP contribution in [0.2, 0.25) is 0 Å². The molecule has 0 radical (unpaired) electrons. The van der Waals surface area contributed by atoms with Crippen LogP contribution >= 0.6 is 0 Å². The topological polar surface area (TPSA) is 35.2 Å². The number of hydrogen-bond acceptors (Lipinski definition) is 3. The summed E-state index contributed by atoms with van der Waals surface area (Å²) < 4.78 is 0. The Labute approximate surface area is 84.9 Å². The molecule has 0 aliphatic carbocycles. The van der Waals surface area contributed by atoms with Gasteiger partial charge in [-0.25, -0.2) is 4.98 Å². The minimum atomic E-state index is 0.587. The van der Waals surface area contributed by atoms with Crippen molar-refractivity contribution in [3.8, 4) is 0 Å². The molecule has 4 nitrogen and oxygen atoms in total. The molecule has 78 valence electrons. The fourth-order valence-electron chi connectivity index (χ4n) is 2.01. The van der Waals surface area contributed by atoms with Gasteiger partial charge in [0, 0.05) is 37.6 Å².